The molecule has 0 bridgehead atoms. The van der Waals surface area contributed by atoms with E-state index in [1.165, 1.54) is 23.0 Å². The number of hydrogen-bond acceptors (Lipinski definition) is 2. The quantitative estimate of drug-likeness (QED) is 0.213. The number of halogens is 2. The number of hydrogen-bond donors (Lipinski definition) is 0. The summed E-state index contributed by atoms with van der Waals surface area (Å²) in [6, 6.07) is 37.0. The molecule has 162 valence electrons. The molecule has 0 fully saturated rings. The van der Waals surface area contributed by atoms with Crippen molar-refractivity contribution in [2.45, 2.75) is 6.16 Å². The molecule has 4 aromatic rings. The molecule has 0 amide bonds. The molecule has 0 spiro atoms. The number of ether oxygens (including phenoxy) is 1. The molecule has 0 aliphatic rings. The summed E-state index contributed by atoms with van der Waals surface area (Å²) in [5.41, 5.74) is 1.25. The molecular formula is C27H23BrClO2P. The second kappa shape index (κ2) is 9.19. The van der Waals surface area contributed by atoms with Gasteiger partial charge < -0.3 is 0 Å². The van der Waals surface area contributed by atoms with Gasteiger partial charge in [0.05, 0.1) is 0 Å². The van der Waals surface area contributed by atoms with E-state index < -0.39 is 11.3 Å². The van der Waals surface area contributed by atoms with Gasteiger partial charge in [0, 0.05) is 0 Å². The summed E-state index contributed by atoms with van der Waals surface area (Å²) in [4.78, 5) is 12.7. The van der Waals surface area contributed by atoms with Crippen LogP contribution in [0.5, 0.6) is 0 Å². The van der Waals surface area contributed by atoms with E-state index in [4.69, 9.17) is 16.3 Å². The van der Waals surface area contributed by atoms with Gasteiger partial charge in [-0.15, -0.1) is 0 Å². The van der Waals surface area contributed by atoms with Crippen LogP contribution in [-0.2, 0) is 10.9 Å². The van der Waals surface area contributed by atoms with Crippen molar-refractivity contribution in [1.29, 1.82) is 0 Å². The van der Waals surface area contributed by atoms with Gasteiger partial charge in [-0.2, -0.15) is 0 Å². The van der Waals surface area contributed by atoms with Crippen LogP contribution >= 0.6 is 32.4 Å². The van der Waals surface area contributed by atoms with E-state index in [9.17, 15) is 4.79 Å². The Balaban J connectivity index is 2.11. The second-order valence-electron chi connectivity index (χ2n) is 7.61. The Labute approximate surface area is 201 Å². The number of benzene rings is 4. The van der Waals surface area contributed by atoms with Gasteiger partial charge in [0.15, 0.2) is 0 Å². The van der Waals surface area contributed by atoms with Crippen LogP contribution in [0.15, 0.2) is 109 Å². The van der Waals surface area contributed by atoms with Gasteiger partial charge in [0.25, 0.3) is 0 Å². The van der Waals surface area contributed by atoms with Crippen molar-refractivity contribution < 1.29 is 9.53 Å². The Morgan fingerprint density at radius 2 is 1.19 bits per heavy atom. The summed E-state index contributed by atoms with van der Waals surface area (Å²) in [5.74, 6) is -0.433. The van der Waals surface area contributed by atoms with Crippen LogP contribution in [-0.4, -0.2) is 13.1 Å². The Morgan fingerprint density at radius 1 is 0.750 bits per heavy atom. The third kappa shape index (κ3) is 3.79. The summed E-state index contributed by atoms with van der Waals surface area (Å²) in [5, 5.41) is 0.656. The summed E-state index contributed by atoms with van der Waals surface area (Å²) < 4.78 is 5.10. The van der Waals surface area contributed by atoms with E-state index in [1.54, 1.807) is 6.07 Å². The minimum atomic E-state index is -3.25. The molecule has 0 radical (unpaired) electrons. The van der Waals surface area contributed by atoms with E-state index in [2.05, 4.69) is 88.3 Å². The fourth-order valence-corrected chi connectivity index (χ4v) is 12.2. The molecule has 0 unspecified atom stereocenters. The Hall–Kier alpha value is -2.45. The molecule has 0 N–H and O–H groups in total. The van der Waals surface area contributed by atoms with E-state index in [0.29, 0.717) is 16.7 Å². The summed E-state index contributed by atoms with van der Waals surface area (Å²) >= 11 is 10.9. The van der Waals surface area contributed by atoms with Crippen LogP contribution in [0.3, 0.4) is 0 Å². The van der Waals surface area contributed by atoms with Crippen molar-refractivity contribution in [3.8, 4) is 0 Å². The third-order valence-corrected chi connectivity index (χ3v) is 15.7. The molecule has 4 rings (SSSR count). The molecule has 0 saturated carbocycles. The minimum absolute atomic E-state index is 0.390. The van der Waals surface area contributed by atoms with E-state index in [1.807, 2.05) is 30.3 Å². The van der Waals surface area contributed by atoms with E-state index in [0.717, 1.165) is 5.56 Å². The molecule has 4 aromatic carbocycles. The molecule has 0 aromatic heterocycles. The van der Waals surface area contributed by atoms with E-state index in [-0.39, 0.29) is 0 Å². The van der Waals surface area contributed by atoms with Gasteiger partial charge in [-0.1, -0.05) is 0 Å². The van der Waals surface area contributed by atoms with Crippen LogP contribution in [0, 0.1) is 0 Å². The summed E-state index contributed by atoms with van der Waals surface area (Å²) in [6.45, 7) is 0. The van der Waals surface area contributed by atoms with E-state index >= 15 is 0 Å². The number of carbonyl (C=O) groups excluding carboxylic acids is 1. The van der Waals surface area contributed by atoms with Gasteiger partial charge in [-0.05, 0) is 0 Å². The topological polar surface area (TPSA) is 26.3 Å². The molecular weight excluding hydrogens is 503 g/mol. The van der Waals surface area contributed by atoms with Gasteiger partial charge in [-0.3, -0.25) is 0 Å². The van der Waals surface area contributed by atoms with Crippen molar-refractivity contribution in [1.82, 2.24) is 0 Å². The maximum atomic E-state index is 12.7. The monoisotopic (exact) mass is 524 g/mol. The molecule has 5 heteroatoms. The SMILES string of the molecule is COC(=O)c1c(Cl)cccc1CP(Br)(c1ccccc1)(c1ccccc1)c1ccccc1. The van der Waals surface area contributed by atoms with Gasteiger partial charge in [0.2, 0.25) is 0 Å². The summed E-state index contributed by atoms with van der Waals surface area (Å²) in [6.07, 6.45) is 0.564. The van der Waals surface area contributed by atoms with Crippen molar-refractivity contribution in [3.63, 3.8) is 0 Å². The number of rotatable bonds is 6. The van der Waals surface area contributed by atoms with Crippen molar-refractivity contribution >= 4 is 54.3 Å². The Kier molecular flexibility index (Phi) is 6.53. The predicted molar refractivity (Wildman–Crippen MR) is 141 cm³/mol. The van der Waals surface area contributed by atoms with Gasteiger partial charge in [0.1, 0.15) is 0 Å². The zero-order valence-electron chi connectivity index (χ0n) is 17.6. The first-order valence-electron chi connectivity index (χ1n) is 10.2. The molecule has 0 saturated heterocycles. The molecule has 32 heavy (non-hydrogen) atoms. The number of methoxy groups -OCH3 is 1. The number of esters is 1. The van der Waals surface area contributed by atoms with Gasteiger partial charge >= 0.3 is 202 Å². The molecule has 0 aliphatic heterocycles. The third-order valence-electron chi connectivity index (χ3n) is 5.84. The normalized spacial score (nSPS) is 12.5. The fraction of sp³-hybridized carbons (Fsp3) is 0.0741. The van der Waals surface area contributed by atoms with Crippen LogP contribution in [0.4, 0.5) is 0 Å². The Morgan fingerprint density at radius 3 is 1.59 bits per heavy atom. The predicted octanol–water partition coefficient (Wildman–Crippen LogP) is 6.47. The zero-order valence-corrected chi connectivity index (χ0v) is 20.9. The second-order valence-corrected chi connectivity index (χ2v) is 16.9. The standard InChI is InChI=1S/C27H23BrClO2P/c1-31-27(30)26-21(12-11-19-25(26)29)20-32(28,22-13-5-2-6-14-22,23-15-7-3-8-16-23)24-17-9-4-10-18-24/h2-19H,20H2,1H3. The average molecular weight is 526 g/mol. The number of carbonyl (C=O) groups is 1. The van der Waals surface area contributed by atoms with Crippen molar-refractivity contribution in [2.75, 3.05) is 7.11 Å². The van der Waals surface area contributed by atoms with Crippen LogP contribution in [0.2, 0.25) is 5.02 Å². The molecule has 0 heterocycles. The van der Waals surface area contributed by atoms with Crippen molar-refractivity contribution in [3.05, 3.63) is 125 Å². The zero-order chi connectivity index (χ0) is 22.6. The van der Waals surface area contributed by atoms with Gasteiger partial charge in [-0.25, -0.2) is 0 Å². The first-order chi connectivity index (χ1) is 15.5. The molecule has 0 atom stereocenters. The maximum absolute atomic E-state index is 12.7. The van der Waals surface area contributed by atoms with Crippen LogP contribution < -0.4 is 15.9 Å². The molecule has 0 aliphatic carbocycles. The summed E-state index contributed by atoms with van der Waals surface area (Å²) in [7, 11) is 1.38. The Bertz CT molecular complexity index is 1130. The molecule has 2 nitrogen and oxygen atoms in total. The van der Waals surface area contributed by atoms with Crippen molar-refractivity contribution in [2.24, 2.45) is 0 Å². The van der Waals surface area contributed by atoms with Crippen LogP contribution in [0.25, 0.3) is 0 Å². The first kappa shape index (κ1) is 22.7. The first-order valence-corrected chi connectivity index (χ1v) is 15.1. The fourth-order valence-electron chi connectivity index (χ4n) is 4.29. The van der Waals surface area contributed by atoms with Crippen LogP contribution in [0.1, 0.15) is 15.9 Å². The average Bonchev–Trinajstić information content (AvgIpc) is 2.85.